The molecule has 0 unspecified atom stereocenters. The van der Waals surface area contributed by atoms with E-state index in [4.69, 9.17) is 0 Å². The lowest BCUT2D eigenvalue weighted by atomic mass is 10.1. The highest BCUT2D eigenvalue weighted by molar-refractivity contribution is 6.02. The van der Waals surface area contributed by atoms with Crippen LogP contribution in [0.2, 0.25) is 0 Å². The molecular weight excluding hydrogens is 489 g/mol. The number of rotatable bonds is 12. The highest BCUT2D eigenvalue weighted by Gasteiger charge is 2.09. The number of hydrogen-bond acceptors (Lipinski definition) is 4. The predicted octanol–water partition coefficient (Wildman–Crippen LogP) is 6.20. The monoisotopic (exact) mass is 525 g/mol. The highest BCUT2D eigenvalue weighted by Crippen LogP contribution is 2.20. The fraction of sp³-hybridized carbons (Fsp3) is 0.188. The fourth-order valence-corrected chi connectivity index (χ4v) is 4.15. The predicted molar refractivity (Wildman–Crippen MR) is 161 cm³/mol. The number of likely N-dealkylation sites (N-methyl/N-ethyl adjacent to an activating group) is 1. The molecule has 3 N–H and O–H groups in total. The van der Waals surface area contributed by atoms with Crippen LogP contribution in [0.25, 0.3) is 16.6 Å². The molecule has 0 saturated heterocycles. The van der Waals surface area contributed by atoms with Gasteiger partial charge in [0.05, 0.1) is 5.52 Å². The van der Waals surface area contributed by atoms with Gasteiger partial charge in [0.1, 0.15) is 11.7 Å². The van der Waals surface area contributed by atoms with Crippen molar-refractivity contribution < 1.29 is 9.18 Å². The molecule has 0 aliphatic heterocycles. The number of fused-ring (bicyclic) bond motifs is 1. The van der Waals surface area contributed by atoms with Gasteiger partial charge in [0.2, 0.25) is 6.41 Å². The molecule has 6 nitrogen and oxygen atoms in total. The van der Waals surface area contributed by atoms with Gasteiger partial charge in [-0.1, -0.05) is 42.5 Å². The number of aromatic nitrogens is 1. The summed E-state index contributed by atoms with van der Waals surface area (Å²) in [6.07, 6.45) is 8.92. The van der Waals surface area contributed by atoms with Gasteiger partial charge >= 0.3 is 0 Å². The zero-order valence-corrected chi connectivity index (χ0v) is 23.0. The van der Waals surface area contributed by atoms with Gasteiger partial charge in [-0.15, -0.1) is 0 Å². The normalized spacial score (nSPS) is 12.9. The van der Waals surface area contributed by atoms with Gasteiger partial charge in [-0.05, 0) is 81.9 Å². The lowest BCUT2D eigenvalue weighted by molar-refractivity contribution is -0.108. The molecule has 7 heteroatoms. The van der Waals surface area contributed by atoms with Crippen molar-refractivity contribution in [1.29, 1.82) is 0 Å². The van der Waals surface area contributed by atoms with Crippen LogP contribution in [-0.2, 0) is 4.79 Å². The minimum atomic E-state index is -0.282. The Kier molecular flexibility index (Phi) is 10.3. The molecular formula is C32H36FN5O. The SMILES string of the molecule is C=C(C)N=C(/C=C(\C)C/C(=C\C=C(/NC=O)c1cccc(C)c1)NC(=C)CNC)n1ccc2cc(F)ccc21. The number of carbonyl (C=O) groups is 1. The van der Waals surface area contributed by atoms with E-state index in [1.54, 1.807) is 6.07 Å². The molecule has 3 aromatic rings. The Hall–Kier alpha value is -4.49. The molecule has 39 heavy (non-hydrogen) atoms. The van der Waals surface area contributed by atoms with Gasteiger partial charge in [-0.25, -0.2) is 9.38 Å². The van der Waals surface area contributed by atoms with Gasteiger partial charge in [0, 0.05) is 47.3 Å². The fourth-order valence-electron chi connectivity index (χ4n) is 4.15. The van der Waals surface area contributed by atoms with Crippen LogP contribution in [0.1, 0.15) is 31.4 Å². The van der Waals surface area contributed by atoms with Crippen LogP contribution in [0.5, 0.6) is 0 Å². The van der Waals surface area contributed by atoms with Crippen LogP contribution in [-0.4, -0.2) is 30.4 Å². The number of benzene rings is 2. The largest absolute Gasteiger partial charge is 0.361 e. The zero-order chi connectivity index (χ0) is 28.4. The van der Waals surface area contributed by atoms with E-state index in [-0.39, 0.29) is 5.82 Å². The Morgan fingerprint density at radius 3 is 2.59 bits per heavy atom. The molecule has 0 fully saturated rings. The van der Waals surface area contributed by atoms with Gasteiger partial charge in [0.25, 0.3) is 0 Å². The number of halogens is 1. The Morgan fingerprint density at radius 1 is 1.10 bits per heavy atom. The summed E-state index contributed by atoms with van der Waals surface area (Å²) in [4.78, 5) is 16.0. The number of aliphatic imine (C=N–C) groups is 1. The summed E-state index contributed by atoms with van der Waals surface area (Å²) in [6.45, 7) is 14.5. The third-order valence-electron chi connectivity index (χ3n) is 5.77. The number of amides is 1. The molecule has 1 heterocycles. The molecule has 1 aromatic heterocycles. The van der Waals surface area contributed by atoms with Gasteiger partial charge < -0.3 is 20.5 Å². The lowest BCUT2D eigenvalue weighted by Crippen LogP contribution is -2.22. The number of allylic oxidation sites excluding steroid dienone is 5. The molecule has 1 amide bonds. The van der Waals surface area contributed by atoms with E-state index >= 15 is 0 Å². The molecule has 202 valence electrons. The van der Waals surface area contributed by atoms with Crippen molar-refractivity contribution in [2.24, 2.45) is 4.99 Å². The Bertz CT molecular complexity index is 1490. The van der Waals surface area contributed by atoms with Crippen LogP contribution in [0.4, 0.5) is 4.39 Å². The maximum Gasteiger partial charge on any atom is 0.211 e. The second-order valence-corrected chi connectivity index (χ2v) is 9.42. The van der Waals surface area contributed by atoms with Crippen LogP contribution >= 0.6 is 0 Å². The maximum atomic E-state index is 13.8. The van der Waals surface area contributed by atoms with E-state index < -0.39 is 0 Å². The highest BCUT2D eigenvalue weighted by atomic mass is 19.1. The summed E-state index contributed by atoms with van der Waals surface area (Å²) < 4.78 is 15.7. The summed E-state index contributed by atoms with van der Waals surface area (Å²) >= 11 is 0. The van der Waals surface area contributed by atoms with Crippen LogP contribution < -0.4 is 16.0 Å². The molecule has 0 atom stereocenters. The molecule has 0 radical (unpaired) electrons. The van der Waals surface area contributed by atoms with Crippen molar-refractivity contribution in [3.63, 3.8) is 0 Å². The van der Waals surface area contributed by atoms with E-state index in [0.29, 0.717) is 36.6 Å². The number of hydrogen-bond donors (Lipinski definition) is 3. The van der Waals surface area contributed by atoms with Crippen molar-refractivity contribution in [3.05, 3.63) is 126 Å². The van der Waals surface area contributed by atoms with Crippen molar-refractivity contribution in [3.8, 4) is 0 Å². The van der Waals surface area contributed by atoms with E-state index in [1.165, 1.54) is 12.1 Å². The third kappa shape index (κ3) is 8.51. The second-order valence-electron chi connectivity index (χ2n) is 9.42. The summed E-state index contributed by atoms with van der Waals surface area (Å²) in [6, 6.07) is 14.5. The van der Waals surface area contributed by atoms with E-state index in [1.807, 2.05) is 87.1 Å². The minimum absolute atomic E-state index is 0.282. The molecule has 0 spiro atoms. The molecule has 3 rings (SSSR count). The van der Waals surface area contributed by atoms with E-state index in [2.05, 4.69) is 34.1 Å². The molecule has 0 saturated carbocycles. The summed E-state index contributed by atoms with van der Waals surface area (Å²) in [5.74, 6) is 0.392. The van der Waals surface area contributed by atoms with E-state index in [9.17, 15) is 9.18 Å². The summed E-state index contributed by atoms with van der Waals surface area (Å²) in [5.41, 5.74) is 6.90. The van der Waals surface area contributed by atoms with Gasteiger partial charge in [-0.2, -0.15) is 0 Å². The van der Waals surface area contributed by atoms with Crippen LogP contribution in [0.15, 0.2) is 114 Å². The topological polar surface area (TPSA) is 70.4 Å². The Balaban J connectivity index is 1.99. The Labute approximate surface area is 230 Å². The summed E-state index contributed by atoms with van der Waals surface area (Å²) in [5, 5.41) is 10.1. The average molecular weight is 526 g/mol. The standard InChI is InChI=1S/C32H36FN5O/c1-22(2)36-32(38-15-14-27-19-28(33)10-13-31(27)38)18-24(4)17-29(37-25(5)20-34-6)11-12-30(35-21-39)26-9-7-8-23(3)16-26/h7-16,18-19,21,34,37H,1,5,17,20H2,2-4,6H3,(H,35,39)/b24-18+,29-11+,30-12-,36-32?. The van der Waals surface area contributed by atoms with Crippen molar-refractivity contribution in [2.75, 3.05) is 13.6 Å². The molecule has 0 bridgehead atoms. The zero-order valence-electron chi connectivity index (χ0n) is 23.0. The first-order valence-corrected chi connectivity index (χ1v) is 12.7. The lowest BCUT2D eigenvalue weighted by Gasteiger charge is -2.15. The van der Waals surface area contributed by atoms with Crippen molar-refractivity contribution >= 4 is 28.8 Å². The first-order chi connectivity index (χ1) is 18.7. The molecule has 0 aliphatic rings. The average Bonchev–Trinajstić information content (AvgIpc) is 3.28. The maximum absolute atomic E-state index is 13.8. The minimum Gasteiger partial charge on any atom is -0.361 e. The first-order valence-electron chi connectivity index (χ1n) is 12.7. The third-order valence-corrected chi connectivity index (χ3v) is 5.77. The quantitative estimate of drug-likeness (QED) is 0.114. The molecule has 0 aliphatic carbocycles. The van der Waals surface area contributed by atoms with Gasteiger partial charge in [0.15, 0.2) is 0 Å². The Morgan fingerprint density at radius 2 is 1.90 bits per heavy atom. The number of aryl methyl sites for hydroxylation is 1. The second kappa shape index (κ2) is 13.9. The molecule has 2 aromatic carbocycles. The van der Waals surface area contributed by atoms with Crippen LogP contribution in [0.3, 0.4) is 0 Å². The smallest absolute Gasteiger partial charge is 0.211 e. The van der Waals surface area contributed by atoms with Crippen LogP contribution in [0, 0.1) is 12.7 Å². The van der Waals surface area contributed by atoms with E-state index in [0.717, 1.165) is 39.0 Å². The summed E-state index contributed by atoms with van der Waals surface area (Å²) in [7, 11) is 1.86. The van der Waals surface area contributed by atoms with Crippen molar-refractivity contribution in [1.82, 2.24) is 20.5 Å². The number of nitrogens with one attached hydrogen (secondary N) is 3. The number of carbonyl (C=O) groups excluding carboxylic acids is 1. The van der Waals surface area contributed by atoms with Crippen molar-refractivity contribution in [2.45, 2.75) is 27.2 Å². The van der Waals surface area contributed by atoms with Gasteiger partial charge in [-0.3, -0.25) is 4.79 Å². The number of nitrogens with zero attached hydrogens (tertiary/aromatic N) is 2. The first kappa shape index (κ1) is 29.1.